The van der Waals surface area contributed by atoms with Crippen LogP contribution in [-0.4, -0.2) is 36.2 Å². The fourth-order valence-electron chi connectivity index (χ4n) is 1.77. The molecular formula is C13H25NO4. The number of unbranched alkanes of at least 4 members (excludes halogenated alkanes) is 4. The lowest BCUT2D eigenvalue weighted by Gasteiger charge is -2.20. The Morgan fingerprint density at radius 1 is 1.28 bits per heavy atom. The highest BCUT2D eigenvalue weighted by atomic mass is 16.5. The number of hydrogen-bond acceptors (Lipinski definition) is 4. The van der Waals surface area contributed by atoms with E-state index in [9.17, 15) is 14.7 Å². The van der Waals surface area contributed by atoms with Gasteiger partial charge in [0.15, 0.2) is 6.04 Å². The molecule has 0 spiro atoms. The minimum atomic E-state index is -0.950. The molecule has 2 atom stereocenters. The van der Waals surface area contributed by atoms with Crippen molar-refractivity contribution in [2.45, 2.75) is 64.5 Å². The number of amides is 1. The molecule has 1 amide bonds. The fraction of sp³-hybridized carbons (Fsp3) is 0.846. The average molecular weight is 259 g/mol. The van der Waals surface area contributed by atoms with Crippen molar-refractivity contribution in [3.63, 3.8) is 0 Å². The minimum Gasteiger partial charge on any atom is -0.464 e. The zero-order valence-corrected chi connectivity index (χ0v) is 11.4. The van der Waals surface area contributed by atoms with Gasteiger partial charge in [0.2, 0.25) is 6.41 Å². The van der Waals surface area contributed by atoms with Gasteiger partial charge in [-0.25, -0.2) is 4.79 Å². The van der Waals surface area contributed by atoms with E-state index in [2.05, 4.69) is 12.2 Å². The first-order valence-electron chi connectivity index (χ1n) is 6.71. The van der Waals surface area contributed by atoms with E-state index in [0.29, 0.717) is 12.8 Å². The maximum atomic E-state index is 11.5. The van der Waals surface area contributed by atoms with Gasteiger partial charge in [-0.3, -0.25) is 4.79 Å². The Hall–Kier alpha value is -1.10. The molecule has 0 aromatic carbocycles. The molecule has 0 radical (unpaired) electrons. The van der Waals surface area contributed by atoms with Gasteiger partial charge in [-0.1, -0.05) is 39.0 Å². The van der Waals surface area contributed by atoms with Gasteiger partial charge in [0.1, 0.15) is 0 Å². The zero-order chi connectivity index (χ0) is 13.8. The first-order valence-corrected chi connectivity index (χ1v) is 6.71. The van der Waals surface area contributed by atoms with Crippen molar-refractivity contribution in [3.8, 4) is 0 Å². The second kappa shape index (κ2) is 11.0. The van der Waals surface area contributed by atoms with E-state index in [1.54, 1.807) is 6.92 Å². The fourth-order valence-corrected chi connectivity index (χ4v) is 1.77. The monoisotopic (exact) mass is 259 g/mol. The van der Waals surface area contributed by atoms with Crippen LogP contribution < -0.4 is 5.32 Å². The van der Waals surface area contributed by atoms with Crippen LogP contribution in [0.1, 0.15) is 52.4 Å². The van der Waals surface area contributed by atoms with Crippen LogP contribution in [0.5, 0.6) is 0 Å². The van der Waals surface area contributed by atoms with Crippen LogP contribution in [-0.2, 0) is 14.3 Å². The van der Waals surface area contributed by atoms with Crippen LogP contribution in [0, 0.1) is 0 Å². The smallest absolute Gasteiger partial charge is 0.331 e. The third-order valence-corrected chi connectivity index (χ3v) is 2.78. The molecular weight excluding hydrogens is 234 g/mol. The van der Waals surface area contributed by atoms with E-state index >= 15 is 0 Å². The van der Waals surface area contributed by atoms with Gasteiger partial charge in [-0.15, -0.1) is 0 Å². The summed E-state index contributed by atoms with van der Waals surface area (Å²) >= 11 is 0. The Kier molecular flexibility index (Phi) is 10.3. The molecule has 2 N–H and O–H groups in total. The third kappa shape index (κ3) is 7.27. The van der Waals surface area contributed by atoms with Crippen LogP contribution in [0.2, 0.25) is 0 Å². The highest BCUT2D eigenvalue weighted by Gasteiger charge is 2.26. The number of hydrogen-bond donors (Lipinski definition) is 2. The van der Waals surface area contributed by atoms with Gasteiger partial charge in [-0.05, 0) is 13.3 Å². The van der Waals surface area contributed by atoms with E-state index in [1.807, 2.05) is 0 Å². The Morgan fingerprint density at radius 2 is 1.94 bits per heavy atom. The van der Waals surface area contributed by atoms with Crippen LogP contribution in [0.25, 0.3) is 0 Å². The predicted molar refractivity (Wildman–Crippen MR) is 69.0 cm³/mol. The molecule has 0 saturated carbocycles. The summed E-state index contributed by atoms with van der Waals surface area (Å²) < 4.78 is 4.80. The molecule has 0 bridgehead atoms. The second-order valence-electron chi connectivity index (χ2n) is 4.28. The number of carbonyl (C=O) groups excluding carboxylic acids is 2. The normalized spacial score (nSPS) is 13.7. The largest absolute Gasteiger partial charge is 0.464 e. The summed E-state index contributed by atoms with van der Waals surface area (Å²) in [5.41, 5.74) is 0. The Labute approximate surface area is 109 Å². The maximum Gasteiger partial charge on any atom is 0.331 e. The molecule has 5 nitrogen and oxygen atoms in total. The zero-order valence-electron chi connectivity index (χ0n) is 11.4. The molecule has 0 heterocycles. The molecule has 0 fully saturated rings. The van der Waals surface area contributed by atoms with E-state index in [1.165, 1.54) is 12.8 Å². The summed E-state index contributed by atoms with van der Waals surface area (Å²) in [6, 6.07) is -0.950. The SMILES string of the molecule is CCCCCCCC(O)C(NC=O)C(=O)OCC. The molecule has 0 aromatic rings. The number of aliphatic hydroxyl groups is 1. The molecule has 0 aliphatic carbocycles. The summed E-state index contributed by atoms with van der Waals surface area (Å²) in [7, 11) is 0. The van der Waals surface area contributed by atoms with Crippen LogP contribution in [0.3, 0.4) is 0 Å². The number of ether oxygens (including phenoxy) is 1. The van der Waals surface area contributed by atoms with E-state index in [-0.39, 0.29) is 6.61 Å². The van der Waals surface area contributed by atoms with Gasteiger partial charge in [0.05, 0.1) is 12.7 Å². The second-order valence-corrected chi connectivity index (χ2v) is 4.28. The molecule has 5 heteroatoms. The van der Waals surface area contributed by atoms with Crippen LogP contribution in [0.4, 0.5) is 0 Å². The van der Waals surface area contributed by atoms with Gasteiger partial charge in [0, 0.05) is 0 Å². The predicted octanol–water partition coefficient (Wildman–Crippen LogP) is 1.39. The Morgan fingerprint density at radius 3 is 2.50 bits per heavy atom. The number of nitrogens with one attached hydrogen (secondary N) is 1. The number of carbonyl (C=O) groups is 2. The van der Waals surface area contributed by atoms with Crippen molar-refractivity contribution < 1.29 is 19.4 Å². The number of rotatable bonds is 11. The van der Waals surface area contributed by atoms with Gasteiger partial charge >= 0.3 is 5.97 Å². The van der Waals surface area contributed by atoms with Crippen LogP contribution >= 0.6 is 0 Å². The van der Waals surface area contributed by atoms with Crippen LogP contribution in [0.15, 0.2) is 0 Å². The van der Waals surface area contributed by atoms with Gasteiger partial charge in [0.25, 0.3) is 0 Å². The lowest BCUT2D eigenvalue weighted by Crippen LogP contribution is -2.46. The molecule has 2 unspecified atom stereocenters. The number of esters is 1. The molecule has 18 heavy (non-hydrogen) atoms. The topological polar surface area (TPSA) is 75.6 Å². The van der Waals surface area contributed by atoms with E-state index in [4.69, 9.17) is 4.74 Å². The molecule has 106 valence electrons. The van der Waals surface area contributed by atoms with Gasteiger partial charge in [-0.2, -0.15) is 0 Å². The molecule has 0 saturated heterocycles. The average Bonchev–Trinajstić information content (AvgIpc) is 2.35. The lowest BCUT2D eigenvalue weighted by molar-refractivity contribution is -0.149. The van der Waals surface area contributed by atoms with E-state index in [0.717, 1.165) is 19.3 Å². The summed E-state index contributed by atoms with van der Waals surface area (Å²) in [4.78, 5) is 21.9. The van der Waals surface area contributed by atoms with Crippen molar-refractivity contribution in [1.29, 1.82) is 0 Å². The summed E-state index contributed by atoms with van der Waals surface area (Å²) in [6.45, 7) is 4.06. The standard InChI is InChI=1S/C13H25NO4/c1-3-5-6-7-8-9-11(16)12(14-10-15)13(17)18-4-2/h10-12,16H,3-9H2,1-2H3,(H,14,15). The summed E-state index contributed by atoms with van der Waals surface area (Å²) in [5.74, 6) is -0.578. The first-order chi connectivity index (χ1) is 8.67. The maximum absolute atomic E-state index is 11.5. The minimum absolute atomic E-state index is 0.235. The Balaban J connectivity index is 4.01. The van der Waals surface area contributed by atoms with Crippen molar-refractivity contribution >= 4 is 12.4 Å². The first kappa shape index (κ1) is 16.9. The quantitative estimate of drug-likeness (QED) is 0.334. The van der Waals surface area contributed by atoms with E-state index < -0.39 is 18.1 Å². The highest BCUT2D eigenvalue weighted by molar-refractivity contribution is 5.78. The van der Waals surface area contributed by atoms with Crippen molar-refractivity contribution in [2.75, 3.05) is 6.61 Å². The number of aliphatic hydroxyl groups excluding tert-OH is 1. The lowest BCUT2D eigenvalue weighted by atomic mass is 10.0. The molecule has 0 aromatic heterocycles. The van der Waals surface area contributed by atoms with Crippen molar-refractivity contribution in [1.82, 2.24) is 5.32 Å². The highest BCUT2D eigenvalue weighted by Crippen LogP contribution is 2.10. The Bertz CT molecular complexity index is 233. The molecule has 0 aliphatic heterocycles. The summed E-state index contributed by atoms with van der Waals surface area (Å²) in [6.07, 6.45) is 5.39. The third-order valence-electron chi connectivity index (χ3n) is 2.78. The van der Waals surface area contributed by atoms with Crippen molar-refractivity contribution in [2.24, 2.45) is 0 Å². The van der Waals surface area contributed by atoms with Crippen molar-refractivity contribution in [3.05, 3.63) is 0 Å². The summed E-state index contributed by atoms with van der Waals surface area (Å²) in [5, 5.41) is 12.2. The molecule has 0 aliphatic rings. The van der Waals surface area contributed by atoms with Gasteiger partial charge < -0.3 is 15.2 Å². The molecule has 0 rings (SSSR count).